The summed E-state index contributed by atoms with van der Waals surface area (Å²) in [6, 6.07) is -0.314. The van der Waals surface area contributed by atoms with E-state index in [-0.39, 0.29) is 6.04 Å². The summed E-state index contributed by atoms with van der Waals surface area (Å²) in [7, 11) is 0. The van der Waals surface area contributed by atoms with E-state index >= 15 is 0 Å². The number of aliphatic hydroxyl groups is 1. The van der Waals surface area contributed by atoms with Crippen LogP contribution in [-0.2, 0) is 9.47 Å². The van der Waals surface area contributed by atoms with Crippen molar-refractivity contribution in [1.82, 2.24) is 4.90 Å². The third-order valence-corrected chi connectivity index (χ3v) is 3.54. The minimum Gasteiger partial charge on any atom is -0.494 e. The number of aliphatic hydroxyl groups excluding tert-OH is 1. The molecule has 3 N–H and O–H groups in total. The first-order valence-corrected chi connectivity index (χ1v) is 7.03. The Kier molecular flexibility index (Phi) is 5.24. The lowest BCUT2D eigenvalue weighted by Crippen LogP contribution is -2.50. The molecular weight excluding hydrogens is 244 g/mol. The van der Waals surface area contributed by atoms with Gasteiger partial charge in [0.2, 0.25) is 0 Å². The first kappa shape index (κ1) is 14.4. The number of nitrogens with zero attached hydrogens (tertiary/aromatic N) is 1. The van der Waals surface area contributed by atoms with Crippen LogP contribution in [0, 0.1) is 0 Å². The molecule has 0 saturated carbocycles. The molecule has 2 atom stereocenters. The van der Waals surface area contributed by atoms with E-state index in [1.807, 2.05) is 13.0 Å². The molecule has 5 nitrogen and oxygen atoms in total. The molecule has 0 aliphatic carbocycles. The third kappa shape index (κ3) is 3.96. The third-order valence-electron chi connectivity index (χ3n) is 3.54. The Morgan fingerprint density at radius 1 is 1.32 bits per heavy atom. The average molecular weight is 268 g/mol. The fraction of sp³-hybridized carbons (Fsp3) is 0.714. The Bertz CT molecular complexity index is 351. The molecule has 0 spiro atoms. The van der Waals surface area contributed by atoms with Gasteiger partial charge in [-0.05, 0) is 31.7 Å². The largest absolute Gasteiger partial charge is 0.494 e. The maximum atomic E-state index is 10.3. The number of rotatable bonds is 5. The Morgan fingerprint density at radius 3 is 2.68 bits per heavy atom. The smallest absolute Gasteiger partial charge is 0.127 e. The van der Waals surface area contributed by atoms with E-state index in [2.05, 4.69) is 4.90 Å². The molecule has 0 aromatic heterocycles. The number of nitrogens with two attached hydrogens (primary N) is 1. The van der Waals surface area contributed by atoms with E-state index in [4.69, 9.17) is 15.2 Å². The van der Waals surface area contributed by atoms with Gasteiger partial charge in [0.1, 0.15) is 25.1 Å². The standard InChI is InChI=1S/C14H24N2O3/c1-2-11-4-5-13(19-9-8-18-11)14(17)12(15)10-16-6-3-7-16/h4-5,12,14,17H,2-3,6-10,15H2,1H3/b11-4+,13-5-/t12-,14?/m1/s1. The van der Waals surface area contributed by atoms with Crippen LogP contribution in [0.1, 0.15) is 19.8 Å². The van der Waals surface area contributed by atoms with Crippen LogP contribution in [0.15, 0.2) is 23.7 Å². The van der Waals surface area contributed by atoms with Crippen LogP contribution >= 0.6 is 0 Å². The van der Waals surface area contributed by atoms with Crippen LogP contribution in [0.4, 0.5) is 0 Å². The molecule has 1 saturated heterocycles. The van der Waals surface area contributed by atoms with Gasteiger partial charge in [-0.3, -0.25) is 0 Å². The Balaban J connectivity index is 1.96. The number of hydrogen-bond acceptors (Lipinski definition) is 5. The minimum atomic E-state index is -0.756. The average Bonchev–Trinajstić information content (AvgIpc) is 2.33. The van der Waals surface area contributed by atoms with Gasteiger partial charge in [0.05, 0.1) is 11.8 Å². The van der Waals surface area contributed by atoms with E-state index in [9.17, 15) is 5.11 Å². The van der Waals surface area contributed by atoms with Crippen LogP contribution in [0.2, 0.25) is 0 Å². The van der Waals surface area contributed by atoms with Gasteiger partial charge in [-0.1, -0.05) is 6.92 Å². The zero-order chi connectivity index (χ0) is 13.7. The highest BCUT2D eigenvalue weighted by Crippen LogP contribution is 2.15. The van der Waals surface area contributed by atoms with E-state index in [0.717, 1.165) is 25.3 Å². The van der Waals surface area contributed by atoms with E-state index in [1.54, 1.807) is 6.08 Å². The quantitative estimate of drug-likeness (QED) is 0.764. The first-order chi connectivity index (χ1) is 9.20. The SMILES string of the molecule is CC/C1=C\C=C(\C(O)[C@H](N)CN2CCC2)OCCO1. The van der Waals surface area contributed by atoms with Gasteiger partial charge in [-0.2, -0.15) is 0 Å². The predicted molar refractivity (Wildman–Crippen MR) is 73.4 cm³/mol. The lowest BCUT2D eigenvalue weighted by Gasteiger charge is -2.34. The van der Waals surface area contributed by atoms with Crippen molar-refractivity contribution >= 4 is 0 Å². The molecule has 2 rings (SSSR count). The Labute approximate surface area is 114 Å². The zero-order valence-corrected chi connectivity index (χ0v) is 11.5. The van der Waals surface area contributed by atoms with Crippen molar-refractivity contribution in [3.63, 3.8) is 0 Å². The number of ether oxygens (including phenoxy) is 2. The molecule has 5 heteroatoms. The molecule has 1 unspecified atom stereocenters. The monoisotopic (exact) mass is 268 g/mol. The fourth-order valence-electron chi connectivity index (χ4n) is 2.18. The molecule has 0 aromatic carbocycles. The molecule has 2 heterocycles. The molecule has 2 aliphatic heterocycles. The molecule has 0 amide bonds. The second-order valence-corrected chi connectivity index (χ2v) is 5.02. The topological polar surface area (TPSA) is 68.0 Å². The van der Waals surface area contributed by atoms with Crippen molar-refractivity contribution in [2.75, 3.05) is 32.8 Å². The molecule has 0 aromatic rings. The van der Waals surface area contributed by atoms with Crippen molar-refractivity contribution in [3.05, 3.63) is 23.7 Å². The van der Waals surface area contributed by atoms with Crippen LogP contribution < -0.4 is 5.73 Å². The van der Waals surface area contributed by atoms with Crippen LogP contribution in [-0.4, -0.2) is 55.0 Å². The summed E-state index contributed by atoms with van der Waals surface area (Å²) in [6.07, 6.45) is 4.93. The maximum absolute atomic E-state index is 10.3. The van der Waals surface area contributed by atoms with Gasteiger partial charge >= 0.3 is 0 Å². The molecule has 19 heavy (non-hydrogen) atoms. The summed E-state index contributed by atoms with van der Waals surface area (Å²) >= 11 is 0. The Hall–Kier alpha value is -1.04. The van der Waals surface area contributed by atoms with Crippen molar-refractivity contribution in [2.24, 2.45) is 5.73 Å². The predicted octanol–water partition coefficient (Wildman–Crippen LogP) is 0.605. The molecule has 108 valence electrons. The summed E-state index contributed by atoms with van der Waals surface area (Å²) < 4.78 is 11.0. The van der Waals surface area contributed by atoms with Crippen LogP contribution in [0.25, 0.3) is 0 Å². The molecular formula is C14H24N2O3. The second kappa shape index (κ2) is 6.93. The zero-order valence-electron chi connectivity index (χ0n) is 11.5. The fourth-order valence-corrected chi connectivity index (χ4v) is 2.18. The Morgan fingerprint density at radius 2 is 2.05 bits per heavy atom. The van der Waals surface area contributed by atoms with E-state index in [0.29, 0.717) is 25.5 Å². The van der Waals surface area contributed by atoms with Crippen LogP contribution in [0.3, 0.4) is 0 Å². The van der Waals surface area contributed by atoms with Crippen molar-refractivity contribution < 1.29 is 14.6 Å². The second-order valence-electron chi connectivity index (χ2n) is 5.02. The normalized spacial score (nSPS) is 29.2. The van der Waals surface area contributed by atoms with Gasteiger partial charge in [0.25, 0.3) is 0 Å². The lowest BCUT2D eigenvalue weighted by molar-refractivity contribution is 0.0439. The maximum Gasteiger partial charge on any atom is 0.127 e. The molecule has 1 fully saturated rings. The first-order valence-electron chi connectivity index (χ1n) is 7.03. The van der Waals surface area contributed by atoms with E-state index < -0.39 is 6.10 Å². The summed E-state index contributed by atoms with van der Waals surface area (Å²) in [5.41, 5.74) is 6.05. The van der Waals surface area contributed by atoms with Gasteiger partial charge < -0.3 is 25.2 Å². The summed E-state index contributed by atoms with van der Waals surface area (Å²) in [6.45, 7) is 5.85. The van der Waals surface area contributed by atoms with Crippen molar-refractivity contribution in [3.8, 4) is 0 Å². The highest BCUT2D eigenvalue weighted by Gasteiger charge is 2.25. The minimum absolute atomic E-state index is 0.314. The highest BCUT2D eigenvalue weighted by molar-refractivity contribution is 5.16. The van der Waals surface area contributed by atoms with Crippen LogP contribution in [0.5, 0.6) is 0 Å². The highest BCUT2D eigenvalue weighted by atomic mass is 16.5. The van der Waals surface area contributed by atoms with Gasteiger partial charge in [-0.15, -0.1) is 0 Å². The van der Waals surface area contributed by atoms with Crippen molar-refractivity contribution in [1.29, 1.82) is 0 Å². The lowest BCUT2D eigenvalue weighted by atomic mass is 10.1. The van der Waals surface area contributed by atoms with Gasteiger partial charge in [0.15, 0.2) is 0 Å². The van der Waals surface area contributed by atoms with Gasteiger partial charge in [0, 0.05) is 13.0 Å². The summed E-state index contributed by atoms with van der Waals surface area (Å²) in [5, 5.41) is 10.3. The van der Waals surface area contributed by atoms with E-state index in [1.165, 1.54) is 6.42 Å². The summed E-state index contributed by atoms with van der Waals surface area (Å²) in [5.74, 6) is 1.45. The van der Waals surface area contributed by atoms with Gasteiger partial charge in [-0.25, -0.2) is 0 Å². The molecule has 0 radical (unpaired) electrons. The summed E-state index contributed by atoms with van der Waals surface area (Å²) in [4.78, 5) is 2.24. The van der Waals surface area contributed by atoms with Crippen molar-refractivity contribution in [2.45, 2.75) is 31.9 Å². The number of hydrogen-bond donors (Lipinski definition) is 2. The molecule has 0 bridgehead atoms. The molecule has 2 aliphatic rings. The number of likely N-dealkylation sites (tertiary alicyclic amines) is 1. The number of allylic oxidation sites excluding steroid dienone is 3.